The van der Waals surface area contributed by atoms with Gasteiger partial charge in [-0.1, -0.05) is 17.7 Å². The number of amides is 1. The van der Waals surface area contributed by atoms with Crippen molar-refractivity contribution < 1.29 is 4.79 Å². The van der Waals surface area contributed by atoms with Gasteiger partial charge < -0.3 is 9.88 Å². The van der Waals surface area contributed by atoms with Gasteiger partial charge in [0.1, 0.15) is 11.4 Å². The van der Waals surface area contributed by atoms with E-state index in [1.807, 2.05) is 54.2 Å². The van der Waals surface area contributed by atoms with E-state index in [9.17, 15) is 4.79 Å². The molecule has 140 valence electrons. The van der Waals surface area contributed by atoms with Crippen LogP contribution in [0.2, 0.25) is 5.02 Å². The molecule has 0 aliphatic carbocycles. The third-order valence-corrected chi connectivity index (χ3v) is 4.65. The van der Waals surface area contributed by atoms with Crippen LogP contribution in [0.3, 0.4) is 0 Å². The monoisotopic (exact) mass is 391 g/mol. The molecule has 0 aliphatic rings. The van der Waals surface area contributed by atoms with Crippen LogP contribution in [0.1, 0.15) is 16.1 Å². The molecule has 0 aliphatic heterocycles. The average molecular weight is 392 g/mol. The van der Waals surface area contributed by atoms with Gasteiger partial charge in [0.2, 0.25) is 0 Å². The predicted molar refractivity (Wildman–Crippen MR) is 108 cm³/mol. The van der Waals surface area contributed by atoms with Gasteiger partial charge in [0, 0.05) is 37.2 Å². The van der Waals surface area contributed by atoms with Crippen LogP contribution in [0.4, 0.5) is 0 Å². The summed E-state index contributed by atoms with van der Waals surface area (Å²) in [5, 5.41) is 8.23. The fourth-order valence-electron chi connectivity index (χ4n) is 2.95. The molecule has 1 N–H and O–H groups in total. The summed E-state index contributed by atoms with van der Waals surface area (Å²) < 4.78 is 3.60. The first-order valence-electron chi connectivity index (χ1n) is 8.76. The van der Waals surface area contributed by atoms with Crippen molar-refractivity contribution in [1.29, 1.82) is 0 Å². The number of benzene rings is 1. The first-order valence-corrected chi connectivity index (χ1v) is 9.14. The second-order valence-corrected chi connectivity index (χ2v) is 6.79. The molecule has 0 saturated heterocycles. The molecule has 0 atom stereocenters. The van der Waals surface area contributed by atoms with Gasteiger partial charge in [-0.3, -0.25) is 9.78 Å². The number of nitrogens with one attached hydrogen (secondary N) is 1. The first kappa shape index (κ1) is 18.0. The molecule has 6 nitrogen and oxygen atoms in total. The predicted octanol–water partition coefficient (Wildman–Crippen LogP) is 3.86. The van der Waals surface area contributed by atoms with Crippen molar-refractivity contribution >= 4 is 17.5 Å². The second kappa shape index (κ2) is 7.70. The molecular formula is C21H18ClN5O. The Bertz CT molecular complexity index is 1100. The van der Waals surface area contributed by atoms with Gasteiger partial charge >= 0.3 is 0 Å². The Morgan fingerprint density at radius 3 is 2.64 bits per heavy atom. The number of aryl methyl sites for hydroxylation is 1. The minimum atomic E-state index is -0.216. The number of aromatic nitrogens is 4. The maximum absolute atomic E-state index is 12.9. The van der Waals surface area contributed by atoms with Crippen LogP contribution in [0.5, 0.6) is 0 Å². The van der Waals surface area contributed by atoms with E-state index in [-0.39, 0.29) is 5.91 Å². The summed E-state index contributed by atoms with van der Waals surface area (Å²) in [6.07, 6.45) is 5.37. The normalized spacial score (nSPS) is 10.8. The lowest BCUT2D eigenvalue weighted by Gasteiger charge is -2.08. The minimum Gasteiger partial charge on any atom is -0.349 e. The maximum atomic E-state index is 12.9. The molecule has 0 unspecified atom stereocenters. The van der Waals surface area contributed by atoms with Gasteiger partial charge in [-0.05, 0) is 54.1 Å². The highest BCUT2D eigenvalue weighted by Gasteiger charge is 2.18. The average Bonchev–Trinajstić information content (AvgIpc) is 3.34. The number of pyridine rings is 1. The van der Waals surface area contributed by atoms with E-state index < -0.39 is 0 Å². The molecule has 0 bridgehead atoms. The van der Waals surface area contributed by atoms with Crippen molar-refractivity contribution in [3.63, 3.8) is 0 Å². The second-order valence-electron chi connectivity index (χ2n) is 6.35. The lowest BCUT2D eigenvalue weighted by molar-refractivity contribution is 0.0943. The van der Waals surface area contributed by atoms with Crippen LogP contribution in [0.25, 0.3) is 17.1 Å². The molecule has 1 amide bonds. The van der Waals surface area contributed by atoms with Crippen LogP contribution in [0, 0.1) is 0 Å². The first-order chi connectivity index (χ1) is 13.6. The van der Waals surface area contributed by atoms with Crippen LogP contribution >= 0.6 is 11.6 Å². The Morgan fingerprint density at radius 1 is 1.14 bits per heavy atom. The third kappa shape index (κ3) is 3.68. The summed E-state index contributed by atoms with van der Waals surface area (Å²) >= 11 is 6.01. The van der Waals surface area contributed by atoms with E-state index in [1.165, 1.54) is 0 Å². The van der Waals surface area contributed by atoms with Crippen molar-refractivity contribution in [2.24, 2.45) is 7.05 Å². The number of carbonyl (C=O) groups is 1. The van der Waals surface area contributed by atoms with Crippen LogP contribution in [-0.2, 0) is 13.6 Å². The molecule has 7 heteroatoms. The summed E-state index contributed by atoms with van der Waals surface area (Å²) in [4.78, 5) is 17.0. The standard InChI is InChI=1S/C21H18ClN5O/c1-26-11-3-5-19(26)18-12-20(21(28)24-14-15-4-2-10-23-13-15)27(25-18)17-8-6-16(22)7-9-17/h2-13H,14H2,1H3,(H,24,28). The molecule has 3 heterocycles. The largest absolute Gasteiger partial charge is 0.349 e. The van der Waals surface area contributed by atoms with E-state index in [1.54, 1.807) is 35.3 Å². The van der Waals surface area contributed by atoms with Crippen LogP contribution < -0.4 is 5.32 Å². The molecule has 28 heavy (non-hydrogen) atoms. The van der Waals surface area contributed by atoms with Crippen molar-refractivity contribution in [3.8, 4) is 17.1 Å². The van der Waals surface area contributed by atoms with Gasteiger partial charge in [-0.2, -0.15) is 5.10 Å². The number of hydrogen-bond donors (Lipinski definition) is 1. The van der Waals surface area contributed by atoms with Crippen molar-refractivity contribution in [3.05, 3.63) is 89.5 Å². The van der Waals surface area contributed by atoms with E-state index in [2.05, 4.69) is 15.4 Å². The molecule has 1 aromatic carbocycles. The quantitative estimate of drug-likeness (QED) is 0.562. The zero-order valence-corrected chi connectivity index (χ0v) is 16.0. The Balaban J connectivity index is 1.69. The molecule has 3 aromatic heterocycles. The molecular weight excluding hydrogens is 374 g/mol. The number of rotatable bonds is 5. The summed E-state index contributed by atoms with van der Waals surface area (Å²) in [6, 6.07) is 16.7. The van der Waals surface area contributed by atoms with E-state index in [0.29, 0.717) is 23.0 Å². The Morgan fingerprint density at radius 2 is 1.96 bits per heavy atom. The van der Waals surface area contributed by atoms with Gasteiger partial charge in [-0.25, -0.2) is 4.68 Å². The minimum absolute atomic E-state index is 0.216. The fourth-order valence-corrected chi connectivity index (χ4v) is 3.08. The Kier molecular flexibility index (Phi) is 4.95. The van der Waals surface area contributed by atoms with E-state index >= 15 is 0 Å². The van der Waals surface area contributed by atoms with Gasteiger partial charge in [-0.15, -0.1) is 0 Å². The van der Waals surface area contributed by atoms with Gasteiger partial charge in [0.15, 0.2) is 0 Å². The van der Waals surface area contributed by atoms with Crippen LogP contribution in [-0.4, -0.2) is 25.2 Å². The molecule has 4 aromatic rings. The molecule has 4 rings (SSSR count). The molecule has 0 radical (unpaired) electrons. The van der Waals surface area contributed by atoms with E-state index in [4.69, 9.17) is 11.6 Å². The molecule has 0 spiro atoms. The van der Waals surface area contributed by atoms with Gasteiger partial charge in [0.25, 0.3) is 5.91 Å². The number of carbonyl (C=O) groups excluding carboxylic acids is 1. The smallest absolute Gasteiger partial charge is 0.270 e. The number of halogens is 1. The molecule has 0 saturated carbocycles. The zero-order chi connectivity index (χ0) is 19.5. The summed E-state index contributed by atoms with van der Waals surface area (Å²) in [7, 11) is 1.94. The van der Waals surface area contributed by atoms with Crippen LogP contribution in [0.15, 0.2) is 73.2 Å². The summed E-state index contributed by atoms with van der Waals surface area (Å²) in [5.41, 5.74) is 3.78. The van der Waals surface area contributed by atoms with Crippen molar-refractivity contribution in [1.82, 2.24) is 24.6 Å². The SMILES string of the molecule is Cn1cccc1-c1cc(C(=O)NCc2cccnc2)n(-c2ccc(Cl)cc2)n1. The highest BCUT2D eigenvalue weighted by Crippen LogP contribution is 2.23. The Hall–Kier alpha value is -3.38. The van der Waals surface area contributed by atoms with Crippen molar-refractivity contribution in [2.75, 3.05) is 0 Å². The highest BCUT2D eigenvalue weighted by atomic mass is 35.5. The maximum Gasteiger partial charge on any atom is 0.270 e. The van der Waals surface area contributed by atoms with E-state index in [0.717, 1.165) is 16.9 Å². The highest BCUT2D eigenvalue weighted by molar-refractivity contribution is 6.30. The lowest BCUT2D eigenvalue weighted by Crippen LogP contribution is -2.25. The topological polar surface area (TPSA) is 64.7 Å². The Labute approximate surface area is 167 Å². The summed E-state index contributed by atoms with van der Waals surface area (Å²) in [5.74, 6) is -0.216. The van der Waals surface area contributed by atoms with Gasteiger partial charge in [0.05, 0.1) is 11.4 Å². The summed E-state index contributed by atoms with van der Waals surface area (Å²) in [6.45, 7) is 0.387. The lowest BCUT2D eigenvalue weighted by atomic mass is 10.2. The van der Waals surface area contributed by atoms with Crippen molar-refractivity contribution in [2.45, 2.75) is 6.54 Å². The number of nitrogens with zero attached hydrogens (tertiary/aromatic N) is 4. The zero-order valence-electron chi connectivity index (χ0n) is 15.2. The third-order valence-electron chi connectivity index (χ3n) is 4.40. The number of hydrogen-bond acceptors (Lipinski definition) is 3. The molecule has 0 fully saturated rings. The fraction of sp³-hybridized carbons (Fsp3) is 0.0952.